The smallest absolute Gasteiger partial charge is 0.310 e. The normalized spacial score (nSPS) is 10.3. The van der Waals surface area contributed by atoms with Gasteiger partial charge in [-0.25, -0.2) is 8.78 Å². The molecule has 1 rings (SSSR count). The predicted octanol–water partition coefficient (Wildman–Crippen LogP) is 3.16. The zero-order valence-electron chi connectivity index (χ0n) is 10.9. The first-order valence-electron chi connectivity index (χ1n) is 6.03. The van der Waals surface area contributed by atoms with E-state index in [1.807, 2.05) is 6.07 Å². The monoisotopic (exact) mass is 267 g/mol. The summed E-state index contributed by atoms with van der Waals surface area (Å²) < 4.78 is 30.5. The number of alkyl halides is 2. The number of nitrogens with zero attached hydrogens (tertiary/aromatic N) is 1. The van der Waals surface area contributed by atoms with Crippen LogP contribution in [0.4, 0.5) is 8.78 Å². The van der Waals surface area contributed by atoms with Crippen LogP contribution >= 0.6 is 0 Å². The molecule has 0 heterocycles. The second-order valence-corrected chi connectivity index (χ2v) is 3.92. The number of hydrogen-bond donors (Lipinski definition) is 0. The summed E-state index contributed by atoms with van der Waals surface area (Å²) in [6, 6.07) is 4.59. The van der Waals surface area contributed by atoms with Gasteiger partial charge in [0.1, 0.15) is 0 Å². The number of carbonyl (C=O) groups excluding carboxylic acids is 1. The Morgan fingerprint density at radius 1 is 1.42 bits per heavy atom. The minimum absolute atomic E-state index is 0.0761. The summed E-state index contributed by atoms with van der Waals surface area (Å²) in [5.74, 6) is -0.467. The number of benzene rings is 1. The van der Waals surface area contributed by atoms with Crippen molar-refractivity contribution in [3.8, 4) is 6.07 Å². The number of esters is 1. The van der Waals surface area contributed by atoms with Gasteiger partial charge in [-0.1, -0.05) is 19.1 Å². The molecule has 0 aliphatic carbocycles. The number of rotatable bonds is 5. The van der Waals surface area contributed by atoms with E-state index in [4.69, 9.17) is 10.00 Å². The fraction of sp³-hybridized carbons (Fsp3) is 0.429. The molecule has 0 N–H and O–H groups in total. The number of halogens is 2. The maximum absolute atomic E-state index is 12.8. The Morgan fingerprint density at radius 2 is 2.11 bits per heavy atom. The van der Waals surface area contributed by atoms with Crippen LogP contribution in [0.5, 0.6) is 0 Å². The molecule has 0 atom stereocenters. The van der Waals surface area contributed by atoms with Crippen molar-refractivity contribution in [2.24, 2.45) is 0 Å². The van der Waals surface area contributed by atoms with Crippen molar-refractivity contribution in [3.05, 3.63) is 34.4 Å². The lowest BCUT2D eigenvalue weighted by molar-refractivity contribution is -0.142. The van der Waals surface area contributed by atoms with Crippen LogP contribution in [0.15, 0.2) is 12.1 Å². The zero-order valence-corrected chi connectivity index (χ0v) is 10.9. The number of carbonyl (C=O) groups is 1. The van der Waals surface area contributed by atoms with Crippen LogP contribution < -0.4 is 0 Å². The summed E-state index contributed by atoms with van der Waals surface area (Å²) in [5.41, 5.74) is 0.751. The Morgan fingerprint density at radius 3 is 2.58 bits per heavy atom. The van der Waals surface area contributed by atoms with Gasteiger partial charge in [-0.15, -0.1) is 0 Å². The van der Waals surface area contributed by atoms with Crippen molar-refractivity contribution in [2.45, 2.75) is 33.1 Å². The fourth-order valence-electron chi connectivity index (χ4n) is 1.95. The van der Waals surface area contributed by atoms with Crippen molar-refractivity contribution in [1.29, 1.82) is 5.26 Å². The lowest BCUT2D eigenvalue weighted by Crippen LogP contribution is -2.10. The van der Waals surface area contributed by atoms with Crippen LogP contribution in [0.3, 0.4) is 0 Å². The molecule has 0 aromatic heterocycles. The Hall–Kier alpha value is -1.96. The number of ether oxygens (including phenoxy) is 1. The van der Waals surface area contributed by atoms with Crippen LogP contribution in [0.2, 0.25) is 0 Å². The minimum atomic E-state index is -2.63. The minimum Gasteiger partial charge on any atom is -0.466 e. The molecule has 0 saturated carbocycles. The highest BCUT2D eigenvalue weighted by Crippen LogP contribution is 2.28. The lowest BCUT2D eigenvalue weighted by atomic mass is 9.93. The SMILES string of the molecule is CCOC(=O)Cc1ccc(C(F)F)c(CC)c1C#N. The average Bonchev–Trinajstić information content (AvgIpc) is 2.37. The molecule has 0 radical (unpaired) electrons. The Labute approximate surface area is 110 Å². The molecule has 0 aliphatic heterocycles. The summed E-state index contributed by atoms with van der Waals surface area (Å²) in [7, 11) is 0. The van der Waals surface area contributed by atoms with Gasteiger partial charge in [0.05, 0.1) is 24.7 Å². The van der Waals surface area contributed by atoms with Gasteiger partial charge in [0.2, 0.25) is 0 Å². The van der Waals surface area contributed by atoms with Crippen LogP contribution in [0, 0.1) is 11.3 Å². The fourth-order valence-corrected chi connectivity index (χ4v) is 1.95. The first-order chi connectivity index (χ1) is 9.04. The summed E-state index contributed by atoms with van der Waals surface area (Å²) >= 11 is 0. The molecule has 3 nitrogen and oxygen atoms in total. The Balaban J connectivity index is 3.21. The molecular weight excluding hydrogens is 252 g/mol. The molecule has 1 aromatic carbocycles. The summed E-state index contributed by atoms with van der Waals surface area (Å²) in [6.45, 7) is 3.63. The molecule has 0 saturated heterocycles. The van der Waals surface area contributed by atoms with Gasteiger partial charge in [-0.3, -0.25) is 4.79 Å². The highest BCUT2D eigenvalue weighted by molar-refractivity contribution is 5.74. The van der Waals surface area contributed by atoms with E-state index in [0.29, 0.717) is 17.5 Å². The second-order valence-electron chi connectivity index (χ2n) is 3.92. The standard InChI is InChI=1S/C14H15F2NO2/c1-3-10-11(14(15)16)6-5-9(12(10)8-17)7-13(18)19-4-2/h5-6,14H,3-4,7H2,1-2H3. The molecule has 0 unspecified atom stereocenters. The maximum atomic E-state index is 12.8. The van der Waals surface area contributed by atoms with E-state index >= 15 is 0 Å². The molecule has 1 aromatic rings. The van der Waals surface area contributed by atoms with E-state index < -0.39 is 12.4 Å². The van der Waals surface area contributed by atoms with Crippen molar-refractivity contribution >= 4 is 5.97 Å². The number of hydrogen-bond acceptors (Lipinski definition) is 3. The Kier molecular flexibility index (Phi) is 5.43. The van der Waals surface area contributed by atoms with Gasteiger partial charge in [0, 0.05) is 5.56 Å². The van der Waals surface area contributed by atoms with Gasteiger partial charge in [0.15, 0.2) is 0 Å². The first-order valence-corrected chi connectivity index (χ1v) is 6.03. The van der Waals surface area contributed by atoms with Gasteiger partial charge < -0.3 is 4.74 Å². The van der Waals surface area contributed by atoms with Crippen molar-refractivity contribution in [3.63, 3.8) is 0 Å². The van der Waals surface area contributed by atoms with Crippen molar-refractivity contribution in [2.75, 3.05) is 6.61 Å². The second kappa shape index (κ2) is 6.83. The van der Waals surface area contributed by atoms with Crippen molar-refractivity contribution in [1.82, 2.24) is 0 Å². The first kappa shape index (κ1) is 15.1. The van der Waals surface area contributed by atoms with E-state index in [1.165, 1.54) is 12.1 Å². The van der Waals surface area contributed by atoms with Crippen LogP contribution in [0.1, 0.15) is 42.5 Å². The third-order valence-corrected chi connectivity index (χ3v) is 2.78. The molecule has 0 spiro atoms. The maximum Gasteiger partial charge on any atom is 0.310 e. The molecule has 5 heteroatoms. The van der Waals surface area contributed by atoms with E-state index in [-0.39, 0.29) is 24.2 Å². The quantitative estimate of drug-likeness (QED) is 0.770. The molecular formula is C14H15F2NO2. The Bertz CT molecular complexity index is 507. The van der Waals surface area contributed by atoms with Gasteiger partial charge in [-0.05, 0) is 24.5 Å². The van der Waals surface area contributed by atoms with E-state index in [1.54, 1.807) is 13.8 Å². The van der Waals surface area contributed by atoms with E-state index in [0.717, 1.165) is 0 Å². The number of nitriles is 1. The van der Waals surface area contributed by atoms with Crippen molar-refractivity contribution < 1.29 is 18.3 Å². The summed E-state index contributed by atoms with van der Waals surface area (Å²) in [4.78, 5) is 11.4. The molecule has 102 valence electrons. The van der Waals surface area contributed by atoms with Crippen LogP contribution in [-0.4, -0.2) is 12.6 Å². The molecule has 0 aliphatic rings. The molecule has 19 heavy (non-hydrogen) atoms. The predicted molar refractivity (Wildman–Crippen MR) is 65.8 cm³/mol. The van der Waals surface area contributed by atoms with Gasteiger partial charge >= 0.3 is 5.97 Å². The summed E-state index contributed by atoms with van der Waals surface area (Å²) in [5, 5.41) is 9.13. The summed E-state index contributed by atoms with van der Waals surface area (Å²) in [6.07, 6.45) is -2.38. The zero-order chi connectivity index (χ0) is 14.4. The van der Waals surface area contributed by atoms with Crippen LogP contribution in [0.25, 0.3) is 0 Å². The largest absolute Gasteiger partial charge is 0.466 e. The average molecular weight is 267 g/mol. The third-order valence-electron chi connectivity index (χ3n) is 2.78. The van der Waals surface area contributed by atoms with E-state index in [9.17, 15) is 13.6 Å². The highest BCUT2D eigenvalue weighted by Gasteiger charge is 2.19. The molecule has 0 bridgehead atoms. The molecule has 0 fully saturated rings. The highest BCUT2D eigenvalue weighted by atomic mass is 19.3. The van der Waals surface area contributed by atoms with E-state index in [2.05, 4.69) is 0 Å². The lowest BCUT2D eigenvalue weighted by Gasteiger charge is -2.12. The van der Waals surface area contributed by atoms with Gasteiger partial charge in [-0.2, -0.15) is 5.26 Å². The topological polar surface area (TPSA) is 50.1 Å². The third kappa shape index (κ3) is 3.50. The van der Waals surface area contributed by atoms with Crippen LogP contribution in [-0.2, 0) is 22.4 Å². The molecule has 0 amide bonds. The van der Waals surface area contributed by atoms with Gasteiger partial charge in [0.25, 0.3) is 6.43 Å².